The molecule has 1 aromatic carbocycles. The predicted octanol–water partition coefficient (Wildman–Crippen LogP) is 4.49. The monoisotopic (exact) mass is 329 g/mol. The minimum Gasteiger partial charge on any atom is -0.477 e. The first-order valence-electron chi connectivity index (χ1n) is 5.42. The van der Waals surface area contributed by atoms with Crippen LogP contribution in [0.5, 0.6) is 0 Å². The zero-order valence-corrected chi connectivity index (χ0v) is 11.8. The van der Waals surface area contributed by atoms with Crippen molar-refractivity contribution in [3.8, 4) is 6.07 Å². The number of nitrogens with zero attached hydrogens (tertiary/aromatic N) is 1. The van der Waals surface area contributed by atoms with E-state index in [1.165, 1.54) is 18.2 Å². The molecule has 0 aliphatic rings. The van der Waals surface area contributed by atoms with Gasteiger partial charge in [0, 0.05) is 15.2 Å². The number of carboxylic acid groups (broad SMARTS) is 1. The second-order valence-corrected chi connectivity index (χ2v) is 5.93. The SMILES string of the molecule is N#Cc1ccc(Sc2csc(C(=O)O)c2)cc1C(F)(F)F. The molecule has 0 bridgehead atoms. The van der Waals surface area contributed by atoms with Gasteiger partial charge in [0.05, 0.1) is 17.2 Å². The Morgan fingerprint density at radius 3 is 2.52 bits per heavy atom. The topological polar surface area (TPSA) is 61.1 Å². The van der Waals surface area contributed by atoms with Crippen LogP contribution in [0, 0.1) is 11.3 Å². The fourth-order valence-electron chi connectivity index (χ4n) is 1.54. The third-order valence-electron chi connectivity index (χ3n) is 2.44. The van der Waals surface area contributed by atoms with E-state index in [2.05, 4.69) is 0 Å². The van der Waals surface area contributed by atoms with Crippen LogP contribution in [0.15, 0.2) is 39.4 Å². The molecule has 1 aromatic heterocycles. The van der Waals surface area contributed by atoms with Crippen LogP contribution < -0.4 is 0 Å². The minimum atomic E-state index is -4.61. The van der Waals surface area contributed by atoms with Gasteiger partial charge < -0.3 is 5.11 Å². The number of hydrogen-bond donors (Lipinski definition) is 1. The highest BCUT2D eigenvalue weighted by Gasteiger charge is 2.33. The molecule has 21 heavy (non-hydrogen) atoms. The van der Waals surface area contributed by atoms with Crippen molar-refractivity contribution in [2.45, 2.75) is 16.0 Å². The number of carbonyl (C=O) groups is 1. The zero-order valence-electron chi connectivity index (χ0n) is 10.1. The zero-order chi connectivity index (χ0) is 15.6. The van der Waals surface area contributed by atoms with Crippen molar-refractivity contribution < 1.29 is 23.1 Å². The van der Waals surface area contributed by atoms with Crippen LogP contribution in [-0.4, -0.2) is 11.1 Å². The van der Waals surface area contributed by atoms with Crippen molar-refractivity contribution in [2.24, 2.45) is 0 Å². The number of thiophene rings is 1. The van der Waals surface area contributed by atoms with Crippen molar-refractivity contribution in [3.05, 3.63) is 45.6 Å². The molecule has 1 heterocycles. The van der Waals surface area contributed by atoms with Crippen LogP contribution in [0.1, 0.15) is 20.8 Å². The molecule has 0 aliphatic heterocycles. The maximum Gasteiger partial charge on any atom is 0.417 e. The first-order chi connectivity index (χ1) is 9.81. The van der Waals surface area contributed by atoms with Gasteiger partial charge in [-0.05, 0) is 24.3 Å². The lowest BCUT2D eigenvalue weighted by atomic mass is 10.1. The number of nitriles is 1. The number of halogens is 3. The Balaban J connectivity index is 2.33. The van der Waals surface area contributed by atoms with Crippen LogP contribution in [-0.2, 0) is 6.18 Å². The van der Waals surface area contributed by atoms with Gasteiger partial charge >= 0.3 is 12.1 Å². The van der Waals surface area contributed by atoms with Crippen molar-refractivity contribution in [3.63, 3.8) is 0 Å². The third-order valence-corrected chi connectivity index (χ3v) is 4.47. The summed E-state index contributed by atoms with van der Waals surface area (Å²) < 4.78 is 38.5. The van der Waals surface area contributed by atoms with Gasteiger partial charge in [0.1, 0.15) is 4.88 Å². The molecule has 0 unspecified atom stereocenters. The lowest BCUT2D eigenvalue weighted by Crippen LogP contribution is -2.07. The van der Waals surface area contributed by atoms with E-state index in [1.807, 2.05) is 0 Å². The Kier molecular flexibility index (Phi) is 4.25. The van der Waals surface area contributed by atoms with Gasteiger partial charge in [-0.15, -0.1) is 11.3 Å². The summed E-state index contributed by atoms with van der Waals surface area (Å²) in [6.07, 6.45) is -4.61. The summed E-state index contributed by atoms with van der Waals surface area (Å²) in [6.45, 7) is 0. The van der Waals surface area contributed by atoms with E-state index in [0.717, 1.165) is 35.2 Å². The largest absolute Gasteiger partial charge is 0.477 e. The smallest absolute Gasteiger partial charge is 0.417 e. The van der Waals surface area contributed by atoms with Crippen LogP contribution in [0.3, 0.4) is 0 Å². The van der Waals surface area contributed by atoms with Crippen LogP contribution in [0.25, 0.3) is 0 Å². The van der Waals surface area contributed by atoms with Gasteiger partial charge in [0.25, 0.3) is 0 Å². The number of benzene rings is 1. The van der Waals surface area contributed by atoms with Gasteiger partial charge in [-0.25, -0.2) is 4.79 Å². The molecular weight excluding hydrogens is 323 g/mol. The van der Waals surface area contributed by atoms with Gasteiger partial charge in [0.15, 0.2) is 0 Å². The molecule has 8 heteroatoms. The summed E-state index contributed by atoms with van der Waals surface area (Å²) in [5, 5.41) is 19.1. The summed E-state index contributed by atoms with van der Waals surface area (Å²) >= 11 is 2.01. The van der Waals surface area contributed by atoms with E-state index in [9.17, 15) is 18.0 Å². The fraction of sp³-hybridized carbons (Fsp3) is 0.0769. The number of carboxylic acids is 1. The van der Waals surface area contributed by atoms with Gasteiger partial charge in [-0.3, -0.25) is 0 Å². The van der Waals surface area contributed by atoms with Gasteiger partial charge in [-0.1, -0.05) is 11.8 Å². The Bertz CT molecular complexity index is 732. The van der Waals surface area contributed by atoms with Crippen molar-refractivity contribution in [1.29, 1.82) is 5.26 Å². The summed E-state index contributed by atoms with van der Waals surface area (Å²) in [5.74, 6) is -1.08. The van der Waals surface area contributed by atoms with Gasteiger partial charge in [-0.2, -0.15) is 18.4 Å². The van der Waals surface area contributed by atoms with E-state index in [1.54, 1.807) is 5.38 Å². The fourth-order valence-corrected chi connectivity index (χ4v) is 3.32. The first kappa shape index (κ1) is 15.4. The molecule has 108 valence electrons. The quantitative estimate of drug-likeness (QED) is 0.901. The summed E-state index contributed by atoms with van der Waals surface area (Å²) in [7, 11) is 0. The molecule has 3 nitrogen and oxygen atoms in total. The second-order valence-electron chi connectivity index (χ2n) is 3.87. The average molecular weight is 329 g/mol. The molecule has 0 atom stereocenters. The minimum absolute atomic E-state index is 0.113. The van der Waals surface area contributed by atoms with E-state index in [4.69, 9.17) is 10.4 Å². The maximum absolute atomic E-state index is 12.8. The standard InChI is InChI=1S/C13H6F3NO2S2/c14-13(15,16)10-3-8(2-1-7(10)5-17)21-9-4-11(12(18)19)20-6-9/h1-4,6H,(H,18,19). The highest BCUT2D eigenvalue weighted by molar-refractivity contribution is 7.99. The lowest BCUT2D eigenvalue weighted by Gasteiger charge is -2.10. The van der Waals surface area contributed by atoms with E-state index < -0.39 is 23.3 Å². The van der Waals surface area contributed by atoms with E-state index >= 15 is 0 Å². The lowest BCUT2D eigenvalue weighted by molar-refractivity contribution is -0.137. The van der Waals surface area contributed by atoms with Crippen molar-refractivity contribution in [1.82, 2.24) is 0 Å². The van der Waals surface area contributed by atoms with Crippen molar-refractivity contribution in [2.75, 3.05) is 0 Å². The molecule has 0 fully saturated rings. The highest BCUT2D eigenvalue weighted by Crippen LogP contribution is 2.37. The highest BCUT2D eigenvalue weighted by atomic mass is 32.2. The van der Waals surface area contributed by atoms with E-state index in [0.29, 0.717) is 4.90 Å². The number of hydrogen-bond acceptors (Lipinski definition) is 4. The average Bonchev–Trinajstić information content (AvgIpc) is 2.86. The second kappa shape index (κ2) is 5.79. The Morgan fingerprint density at radius 1 is 1.29 bits per heavy atom. The van der Waals surface area contributed by atoms with Gasteiger partial charge in [0.2, 0.25) is 0 Å². The first-order valence-corrected chi connectivity index (χ1v) is 7.12. The third kappa shape index (κ3) is 3.56. The Labute approximate surface area is 125 Å². The molecule has 0 aliphatic carbocycles. The predicted molar refractivity (Wildman–Crippen MR) is 71.6 cm³/mol. The normalized spacial score (nSPS) is 11.1. The molecule has 0 amide bonds. The summed E-state index contributed by atoms with van der Waals surface area (Å²) in [4.78, 5) is 11.7. The number of alkyl halides is 3. The maximum atomic E-state index is 12.8. The van der Waals surface area contributed by atoms with Crippen LogP contribution in [0.4, 0.5) is 13.2 Å². The molecule has 0 radical (unpaired) electrons. The molecule has 1 N–H and O–H groups in total. The Morgan fingerprint density at radius 2 is 2.00 bits per heavy atom. The molecule has 0 spiro atoms. The van der Waals surface area contributed by atoms with Crippen molar-refractivity contribution >= 4 is 29.1 Å². The number of rotatable bonds is 3. The summed E-state index contributed by atoms with van der Waals surface area (Å²) in [6, 6.07) is 6.30. The molecule has 2 rings (SSSR count). The number of aromatic carboxylic acids is 1. The van der Waals surface area contributed by atoms with E-state index in [-0.39, 0.29) is 9.77 Å². The molecule has 0 saturated heterocycles. The molecule has 2 aromatic rings. The molecule has 0 saturated carbocycles. The Hall–Kier alpha value is -1.98. The van der Waals surface area contributed by atoms with Crippen LogP contribution in [0.2, 0.25) is 0 Å². The summed E-state index contributed by atoms with van der Waals surface area (Å²) in [5.41, 5.74) is -1.44. The molecular formula is C13H6F3NO2S2. The van der Waals surface area contributed by atoms with Crippen LogP contribution >= 0.6 is 23.1 Å².